The van der Waals surface area contributed by atoms with Crippen molar-refractivity contribution in [3.8, 4) is 0 Å². The van der Waals surface area contributed by atoms with Gasteiger partial charge in [0.25, 0.3) is 0 Å². The minimum atomic E-state index is -0.793. The van der Waals surface area contributed by atoms with Crippen molar-refractivity contribution in [2.24, 2.45) is 5.92 Å². The smallest absolute Gasteiger partial charge is 0.303 e. The molecule has 0 aliphatic carbocycles. The lowest BCUT2D eigenvalue weighted by molar-refractivity contribution is -0.137. The first-order valence-corrected chi connectivity index (χ1v) is 5.72. The molecular weight excluding hydrogens is 210 g/mol. The van der Waals surface area contributed by atoms with Gasteiger partial charge in [-0.05, 0) is 25.2 Å². The lowest BCUT2D eigenvalue weighted by Crippen LogP contribution is -2.37. The lowest BCUT2D eigenvalue weighted by atomic mass is 10.0. The Morgan fingerprint density at radius 3 is 2.75 bits per heavy atom. The summed E-state index contributed by atoms with van der Waals surface area (Å²) in [6.07, 6.45) is 2.05. The van der Waals surface area contributed by atoms with Crippen molar-refractivity contribution in [2.45, 2.75) is 38.7 Å². The van der Waals surface area contributed by atoms with Gasteiger partial charge in [0.05, 0.1) is 0 Å². The molecule has 1 saturated heterocycles. The number of unbranched alkanes of at least 4 members (excludes halogenated alkanes) is 1. The number of amides is 1. The second-order valence-corrected chi connectivity index (χ2v) is 4.20. The molecule has 2 unspecified atom stereocenters. The number of rotatable bonds is 6. The molecule has 1 aliphatic heterocycles. The maximum atomic E-state index is 11.6. The van der Waals surface area contributed by atoms with Crippen molar-refractivity contribution in [3.05, 3.63) is 0 Å². The topological polar surface area (TPSA) is 75.6 Å². The number of carboxylic acids is 1. The van der Waals surface area contributed by atoms with E-state index in [-0.39, 0.29) is 24.3 Å². The molecule has 5 heteroatoms. The van der Waals surface area contributed by atoms with Gasteiger partial charge in [0, 0.05) is 19.6 Å². The fraction of sp³-hybridized carbons (Fsp3) is 0.818. The van der Waals surface area contributed by atoms with E-state index in [0.717, 1.165) is 6.42 Å². The molecule has 16 heavy (non-hydrogen) atoms. The van der Waals surface area contributed by atoms with Crippen LogP contribution in [0.2, 0.25) is 0 Å². The third-order valence-electron chi connectivity index (χ3n) is 2.76. The van der Waals surface area contributed by atoms with Crippen molar-refractivity contribution in [1.29, 1.82) is 0 Å². The first kappa shape index (κ1) is 13.0. The van der Waals surface area contributed by atoms with Crippen LogP contribution in [0.1, 0.15) is 32.6 Å². The van der Waals surface area contributed by atoms with Crippen molar-refractivity contribution in [2.75, 3.05) is 13.2 Å². The molecule has 0 radical (unpaired) electrons. The summed E-state index contributed by atoms with van der Waals surface area (Å²) in [6, 6.07) is 0. The van der Waals surface area contributed by atoms with Crippen LogP contribution >= 0.6 is 0 Å². The van der Waals surface area contributed by atoms with E-state index < -0.39 is 5.97 Å². The van der Waals surface area contributed by atoms with Crippen LogP contribution in [0.25, 0.3) is 0 Å². The largest absolute Gasteiger partial charge is 0.481 e. The number of hydrogen-bond donors (Lipinski definition) is 2. The van der Waals surface area contributed by atoms with Crippen molar-refractivity contribution < 1.29 is 19.4 Å². The fourth-order valence-electron chi connectivity index (χ4n) is 1.74. The second-order valence-electron chi connectivity index (χ2n) is 4.20. The van der Waals surface area contributed by atoms with Crippen LogP contribution < -0.4 is 5.32 Å². The highest BCUT2D eigenvalue weighted by Crippen LogP contribution is 2.19. The van der Waals surface area contributed by atoms with E-state index in [4.69, 9.17) is 9.84 Å². The normalized spacial score (nSPS) is 24.3. The van der Waals surface area contributed by atoms with E-state index in [9.17, 15) is 9.59 Å². The fourth-order valence-corrected chi connectivity index (χ4v) is 1.74. The number of ether oxygens (including phenoxy) is 1. The SMILES string of the molecule is CC1CCOC1C(=O)NCCCCC(=O)O. The van der Waals surface area contributed by atoms with Gasteiger partial charge in [-0.25, -0.2) is 0 Å². The minimum Gasteiger partial charge on any atom is -0.481 e. The van der Waals surface area contributed by atoms with Gasteiger partial charge in [0.2, 0.25) is 5.91 Å². The molecule has 0 aromatic rings. The molecule has 0 aromatic carbocycles. The van der Waals surface area contributed by atoms with E-state index in [2.05, 4.69) is 5.32 Å². The van der Waals surface area contributed by atoms with Gasteiger partial charge in [0.15, 0.2) is 0 Å². The Morgan fingerprint density at radius 1 is 1.44 bits per heavy atom. The molecule has 1 heterocycles. The van der Waals surface area contributed by atoms with E-state index in [0.29, 0.717) is 26.0 Å². The Bertz CT molecular complexity index is 254. The van der Waals surface area contributed by atoms with Crippen LogP contribution in [0.5, 0.6) is 0 Å². The highest BCUT2D eigenvalue weighted by molar-refractivity contribution is 5.81. The summed E-state index contributed by atoms with van der Waals surface area (Å²) in [5, 5.41) is 11.2. The minimum absolute atomic E-state index is 0.0691. The molecule has 0 saturated carbocycles. The average Bonchev–Trinajstić information content (AvgIpc) is 2.63. The molecule has 92 valence electrons. The quantitative estimate of drug-likeness (QED) is 0.660. The Labute approximate surface area is 95.2 Å². The summed E-state index contributed by atoms with van der Waals surface area (Å²) < 4.78 is 5.32. The summed E-state index contributed by atoms with van der Waals surface area (Å²) in [5.41, 5.74) is 0. The monoisotopic (exact) mass is 229 g/mol. The summed E-state index contributed by atoms with van der Waals surface area (Å²) in [4.78, 5) is 21.8. The summed E-state index contributed by atoms with van der Waals surface area (Å²) in [6.45, 7) is 3.18. The molecule has 0 spiro atoms. The van der Waals surface area contributed by atoms with Crippen LogP contribution in [0.3, 0.4) is 0 Å². The lowest BCUT2D eigenvalue weighted by Gasteiger charge is -2.14. The molecule has 5 nitrogen and oxygen atoms in total. The van der Waals surface area contributed by atoms with Crippen LogP contribution in [-0.2, 0) is 14.3 Å². The van der Waals surface area contributed by atoms with Crippen molar-refractivity contribution >= 4 is 11.9 Å². The average molecular weight is 229 g/mol. The first-order chi connectivity index (χ1) is 7.61. The van der Waals surface area contributed by atoms with Crippen LogP contribution in [0.4, 0.5) is 0 Å². The zero-order chi connectivity index (χ0) is 12.0. The number of hydrogen-bond acceptors (Lipinski definition) is 3. The molecule has 2 N–H and O–H groups in total. The van der Waals surface area contributed by atoms with Gasteiger partial charge < -0.3 is 15.2 Å². The molecule has 1 aliphatic rings. The molecule has 0 aromatic heterocycles. The third-order valence-corrected chi connectivity index (χ3v) is 2.76. The predicted octanol–water partition coefficient (Wildman–Crippen LogP) is 0.782. The van der Waals surface area contributed by atoms with Gasteiger partial charge in [-0.3, -0.25) is 9.59 Å². The zero-order valence-corrected chi connectivity index (χ0v) is 9.57. The number of aliphatic carboxylic acids is 1. The van der Waals surface area contributed by atoms with Gasteiger partial charge in [-0.15, -0.1) is 0 Å². The Kier molecular flexibility index (Phi) is 5.25. The predicted molar refractivity (Wildman–Crippen MR) is 58.0 cm³/mol. The van der Waals surface area contributed by atoms with Crippen LogP contribution in [0, 0.1) is 5.92 Å². The highest BCUT2D eigenvalue weighted by Gasteiger charge is 2.30. The molecule has 1 rings (SSSR count). The van der Waals surface area contributed by atoms with Gasteiger partial charge in [-0.1, -0.05) is 6.92 Å². The summed E-state index contributed by atoms with van der Waals surface area (Å²) in [7, 11) is 0. The number of carbonyl (C=O) groups excluding carboxylic acids is 1. The van der Waals surface area contributed by atoms with E-state index in [1.807, 2.05) is 6.92 Å². The number of carboxylic acid groups (broad SMARTS) is 1. The van der Waals surface area contributed by atoms with E-state index in [1.54, 1.807) is 0 Å². The Balaban J connectivity index is 2.08. The second kappa shape index (κ2) is 6.48. The van der Waals surface area contributed by atoms with Gasteiger partial charge >= 0.3 is 5.97 Å². The molecule has 1 fully saturated rings. The zero-order valence-electron chi connectivity index (χ0n) is 9.57. The Morgan fingerprint density at radius 2 is 2.19 bits per heavy atom. The molecular formula is C11H19NO4. The van der Waals surface area contributed by atoms with Crippen molar-refractivity contribution in [3.63, 3.8) is 0 Å². The van der Waals surface area contributed by atoms with Gasteiger partial charge in [0.1, 0.15) is 6.10 Å². The molecule has 1 amide bonds. The maximum Gasteiger partial charge on any atom is 0.303 e. The molecule has 0 bridgehead atoms. The number of carbonyl (C=O) groups is 2. The van der Waals surface area contributed by atoms with Crippen LogP contribution in [-0.4, -0.2) is 36.2 Å². The third kappa shape index (κ3) is 4.18. The standard InChI is InChI=1S/C11H19NO4/c1-8-5-7-16-10(8)11(15)12-6-3-2-4-9(13)14/h8,10H,2-7H2,1H3,(H,12,15)(H,13,14). The van der Waals surface area contributed by atoms with Crippen LogP contribution in [0.15, 0.2) is 0 Å². The van der Waals surface area contributed by atoms with E-state index in [1.165, 1.54) is 0 Å². The summed E-state index contributed by atoms with van der Waals surface area (Å²) in [5.74, 6) is -0.585. The maximum absolute atomic E-state index is 11.6. The number of nitrogens with one attached hydrogen (secondary N) is 1. The first-order valence-electron chi connectivity index (χ1n) is 5.72. The Hall–Kier alpha value is -1.10. The molecule has 2 atom stereocenters. The van der Waals surface area contributed by atoms with E-state index >= 15 is 0 Å². The summed E-state index contributed by atoms with van der Waals surface area (Å²) >= 11 is 0. The van der Waals surface area contributed by atoms with Crippen molar-refractivity contribution in [1.82, 2.24) is 5.32 Å². The highest BCUT2D eigenvalue weighted by atomic mass is 16.5. The van der Waals surface area contributed by atoms with Gasteiger partial charge in [-0.2, -0.15) is 0 Å².